The third-order valence-corrected chi connectivity index (χ3v) is 4.17. The van der Waals surface area contributed by atoms with Gasteiger partial charge in [-0.2, -0.15) is 0 Å². The van der Waals surface area contributed by atoms with E-state index in [1.54, 1.807) is 11.3 Å². The van der Waals surface area contributed by atoms with Crippen molar-refractivity contribution in [2.45, 2.75) is 37.9 Å². The predicted octanol–water partition coefficient (Wildman–Crippen LogP) is 1.60. The monoisotopic (exact) mass is 236 g/mol. The Bertz CT molecular complexity index is 372. The van der Waals surface area contributed by atoms with Gasteiger partial charge in [-0.3, -0.25) is 4.79 Å². The smallest absolute Gasteiger partial charge is 0.224 e. The van der Waals surface area contributed by atoms with E-state index in [1.165, 1.54) is 17.7 Å². The van der Waals surface area contributed by atoms with Gasteiger partial charge in [0.15, 0.2) is 0 Å². The molecular formula is C12H16N2OS. The lowest BCUT2D eigenvalue weighted by Gasteiger charge is -2.15. The maximum absolute atomic E-state index is 11.7. The van der Waals surface area contributed by atoms with Crippen molar-refractivity contribution >= 4 is 17.2 Å². The molecule has 4 heteroatoms. The summed E-state index contributed by atoms with van der Waals surface area (Å²) in [5.41, 5.74) is 0. The summed E-state index contributed by atoms with van der Waals surface area (Å²) in [5, 5.41) is 5.57. The highest BCUT2D eigenvalue weighted by Crippen LogP contribution is 2.30. The van der Waals surface area contributed by atoms with Crippen molar-refractivity contribution in [3.05, 3.63) is 22.4 Å². The molecule has 0 spiro atoms. The molecule has 0 bridgehead atoms. The molecule has 1 aromatic rings. The Labute approximate surface area is 99.5 Å². The van der Waals surface area contributed by atoms with E-state index in [1.807, 2.05) is 0 Å². The first-order valence-electron chi connectivity index (χ1n) is 5.88. The van der Waals surface area contributed by atoms with Crippen LogP contribution in [0.1, 0.15) is 24.1 Å². The van der Waals surface area contributed by atoms with Crippen LogP contribution in [0, 0.1) is 0 Å². The van der Waals surface area contributed by atoms with E-state index in [4.69, 9.17) is 0 Å². The molecular weight excluding hydrogens is 220 g/mol. The predicted molar refractivity (Wildman–Crippen MR) is 64.3 cm³/mol. The van der Waals surface area contributed by atoms with E-state index in [0.717, 1.165) is 13.1 Å². The number of nitrogens with zero attached hydrogens (tertiary/aromatic N) is 1. The van der Waals surface area contributed by atoms with Crippen LogP contribution < -0.4 is 5.32 Å². The number of likely N-dealkylation sites (tertiary alicyclic amines) is 1. The molecule has 1 aliphatic heterocycles. The number of hydrogen-bond acceptors (Lipinski definition) is 3. The second kappa shape index (κ2) is 4.18. The largest absolute Gasteiger partial charge is 0.338 e. The van der Waals surface area contributed by atoms with E-state index >= 15 is 0 Å². The number of nitrogens with one attached hydrogen (secondary N) is 1. The molecule has 1 aromatic heterocycles. The molecule has 1 aliphatic carbocycles. The summed E-state index contributed by atoms with van der Waals surface area (Å²) in [7, 11) is 0. The van der Waals surface area contributed by atoms with Crippen molar-refractivity contribution < 1.29 is 4.79 Å². The summed E-state index contributed by atoms with van der Waals surface area (Å²) in [6.07, 6.45) is 3.11. The molecule has 86 valence electrons. The zero-order valence-corrected chi connectivity index (χ0v) is 10.0. The van der Waals surface area contributed by atoms with Gasteiger partial charge in [0.25, 0.3) is 0 Å². The molecule has 3 nitrogen and oxygen atoms in total. The molecule has 1 saturated heterocycles. The van der Waals surface area contributed by atoms with Gasteiger partial charge in [0.1, 0.15) is 0 Å². The summed E-state index contributed by atoms with van der Waals surface area (Å²) in [4.78, 5) is 15.1. The molecule has 1 saturated carbocycles. The van der Waals surface area contributed by atoms with E-state index in [9.17, 15) is 4.79 Å². The minimum Gasteiger partial charge on any atom is -0.338 e. The van der Waals surface area contributed by atoms with Crippen molar-refractivity contribution in [3.8, 4) is 0 Å². The van der Waals surface area contributed by atoms with Gasteiger partial charge in [-0.1, -0.05) is 6.07 Å². The molecule has 1 N–H and O–H groups in total. The number of thiophene rings is 1. The fourth-order valence-electron chi connectivity index (χ4n) is 2.27. The molecule has 0 radical (unpaired) electrons. The van der Waals surface area contributed by atoms with Crippen molar-refractivity contribution in [2.24, 2.45) is 0 Å². The van der Waals surface area contributed by atoms with Gasteiger partial charge in [0, 0.05) is 36.5 Å². The van der Waals surface area contributed by atoms with Crippen LogP contribution >= 0.6 is 11.3 Å². The lowest BCUT2D eigenvalue weighted by Crippen LogP contribution is -2.33. The van der Waals surface area contributed by atoms with Gasteiger partial charge in [-0.15, -0.1) is 11.3 Å². The summed E-state index contributed by atoms with van der Waals surface area (Å²) in [6, 6.07) is 5.13. The molecule has 2 fully saturated rings. The topological polar surface area (TPSA) is 32.3 Å². The third kappa shape index (κ3) is 2.13. The molecule has 3 rings (SSSR count). The number of carbonyl (C=O) groups is 1. The summed E-state index contributed by atoms with van der Waals surface area (Å²) in [6.45, 7) is 1.81. The highest BCUT2D eigenvalue weighted by Gasteiger charge is 2.38. The Balaban J connectivity index is 1.51. The Morgan fingerprint density at radius 3 is 3.06 bits per heavy atom. The molecule has 1 atom stereocenters. The fraction of sp³-hybridized carbons (Fsp3) is 0.583. The van der Waals surface area contributed by atoms with E-state index in [2.05, 4.69) is 27.7 Å². The number of amides is 1. The average Bonchev–Trinajstić information content (AvgIpc) is 2.85. The maximum atomic E-state index is 11.7. The fourth-order valence-corrected chi connectivity index (χ4v) is 2.92. The van der Waals surface area contributed by atoms with Crippen LogP contribution in [0.3, 0.4) is 0 Å². The van der Waals surface area contributed by atoms with E-state index in [-0.39, 0.29) is 0 Å². The molecule has 2 aliphatic rings. The summed E-state index contributed by atoms with van der Waals surface area (Å²) >= 11 is 1.77. The highest BCUT2D eigenvalue weighted by molar-refractivity contribution is 7.09. The van der Waals surface area contributed by atoms with Crippen LogP contribution in [0.5, 0.6) is 0 Å². The summed E-state index contributed by atoms with van der Waals surface area (Å²) in [5.74, 6) is 0.339. The SMILES string of the molecule is O=C1CC(NCc2cccs2)CN1C1CC1. The van der Waals surface area contributed by atoms with Gasteiger partial charge < -0.3 is 10.2 Å². The number of rotatable bonds is 4. The molecule has 2 heterocycles. The third-order valence-electron chi connectivity index (χ3n) is 3.29. The highest BCUT2D eigenvalue weighted by atomic mass is 32.1. The zero-order valence-electron chi connectivity index (χ0n) is 9.19. The zero-order chi connectivity index (χ0) is 11.0. The van der Waals surface area contributed by atoms with E-state index < -0.39 is 0 Å². The van der Waals surface area contributed by atoms with Gasteiger partial charge in [-0.05, 0) is 24.3 Å². The Morgan fingerprint density at radius 1 is 1.50 bits per heavy atom. The molecule has 1 unspecified atom stereocenters. The van der Waals surface area contributed by atoms with Gasteiger partial charge in [-0.25, -0.2) is 0 Å². The second-order valence-corrected chi connectivity index (χ2v) is 5.67. The lowest BCUT2D eigenvalue weighted by atomic mass is 10.2. The quantitative estimate of drug-likeness (QED) is 0.861. The van der Waals surface area contributed by atoms with E-state index in [0.29, 0.717) is 24.4 Å². The maximum Gasteiger partial charge on any atom is 0.224 e. The van der Waals surface area contributed by atoms with Crippen molar-refractivity contribution in [3.63, 3.8) is 0 Å². The first-order chi connectivity index (χ1) is 7.83. The Kier molecular flexibility index (Phi) is 2.69. The van der Waals surface area contributed by atoms with Crippen molar-refractivity contribution in [1.29, 1.82) is 0 Å². The first kappa shape index (κ1) is 10.3. The van der Waals surface area contributed by atoms with Crippen molar-refractivity contribution in [1.82, 2.24) is 10.2 Å². The number of hydrogen-bond donors (Lipinski definition) is 1. The van der Waals surface area contributed by atoms with Crippen LogP contribution in [0.2, 0.25) is 0 Å². The van der Waals surface area contributed by atoms with Gasteiger partial charge in [0.05, 0.1) is 0 Å². The van der Waals surface area contributed by atoms with Crippen LogP contribution in [0.4, 0.5) is 0 Å². The Morgan fingerprint density at radius 2 is 2.38 bits per heavy atom. The minimum atomic E-state index is 0.339. The summed E-state index contributed by atoms with van der Waals surface area (Å²) < 4.78 is 0. The van der Waals surface area contributed by atoms with Crippen molar-refractivity contribution in [2.75, 3.05) is 6.54 Å². The Hall–Kier alpha value is -0.870. The van der Waals surface area contributed by atoms with Crippen LogP contribution in [0.25, 0.3) is 0 Å². The van der Waals surface area contributed by atoms with Gasteiger partial charge in [0.2, 0.25) is 5.91 Å². The second-order valence-electron chi connectivity index (χ2n) is 4.64. The standard InChI is InChI=1S/C12H16N2OS/c15-12-6-9(8-14(12)10-3-4-10)13-7-11-2-1-5-16-11/h1-2,5,9-10,13H,3-4,6-8H2. The first-order valence-corrected chi connectivity index (χ1v) is 6.76. The lowest BCUT2D eigenvalue weighted by molar-refractivity contribution is -0.128. The van der Waals surface area contributed by atoms with Crippen LogP contribution in [-0.4, -0.2) is 29.4 Å². The number of carbonyl (C=O) groups excluding carboxylic acids is 1. The minimum absolute atomic E-state index is 0.339. The van der Waals surface area contributed by atoms with Gasteiger partial charge >= 0.3 is 0 Å². The normalized spacial score (nSPS) is 25.4. The molecule has 1 amide bonds. The van der Waals surface area contributed by atoms with Crippen LogP contribution in [0.15, 0.2) is 17.5 Å². The molecule has 16 heavy (non-hydrogen) atoms. The molecule has 0 aromatic carbocycles. The average molecular weight is 236 g/mol. The van der Waals surface area contributed by atoms with Crippen LogP contribution in [-0.2, 0) is 11.3 Å².